The van der Waals surface area contributed by atoms with Crippen molar-refractivity contribution in [3.05, 3.63) is 12.2 Å². The van der Waals surface area contributed by atoms with E-state index in [1.807, 2.05) is 0 Å². The largest absolute Gasteiger partial charge is 0.480 e. The van der Waals surface area contributed by atoms with Gasteiger partial charge < -0.3 is 25.2 Å². The van der Waals surface area contributed by atoms with Crippen molar-refractivity contribution in [1.29, 1.82) is 0 Å². The van der Waals surface area contributed by atoms with Gasteiger partial charge in [-0.25, -0.2) is 9.36 Å². The first-order valence-corrected chi connectivity index (χ1v) is 22.2. The highest BCUT2D eigenvalue weighted by atomic mass is 31.2. The molecular formula is C40H76NO10P. The molecule has 0 saturated carbocycles. The van der Waals surface area contributed by atoms with Crippen molar-refractivity contribution in [1.82, 2.24) is 5.32 Å². The normalized spacial score (nSPS) is 13.9. The average molecular weight is 762 g/mol. The number of esters is 1. The maximum absolute atomic E-state index is 12.3. The van der Waals surface area contributed by atoms with Crippen LogP contribution < -0.4 is 5.32 Å². The molecule has 0 bridgehead atoms. The number of unbranched alkanes of at least 4 members (excludes halogenated alkanes) is 23. The summed E-state index contributed by atoms with van der Waals surface area (Å²) in [5.41, 5.74) is 0. The average Bonchev–Trinajstić information content (AvgIpc) is 3.11. The Morgan fingerprint density at radius 3 is 1.46 bits per heavy atom. The zero-order valence-corrected chi connectivity index (χ0v) is 33.8. The molecule has 0 heterocycles. The number of rotatable bonds is 39. The van der Waals surface area contributed by atoms with Crippen LogP contribution in [0.5, 0.6) is 0 Å². The second-order valence-corrected chi connectivity index (χ2v) is 15.6. The minimum Gasteiger partial charge on any atom is -0.480 e. The van der Waals surface area contributed by atoms with Gasteiger partial charge in [-0.2, -0.15) is 0 Å². The van der Waals surface area contributed by atoms with E-state index in [9.17, 15) is 34.1 Å². The van der Waals surface area contributed by atoms with E-state index in [0.717, 1.165) is 57.8 Å². The number of carboxylic acid groups (broad SMARTS) is 1. The van der Waals surface area contributed by atoms with E-state index in [2.05, 4.69) is 31.3 Å². The number of allylic oxidation sites excluding steroid dienone is 2. The molecule has 4 N–H and O–H groups in total. The molecule has 0 aromatic carbocycles. The molecule has 0 aliphatic carbocycles. The van der Waals surface area contributed by atoms with Crippen molar-refractivity contribution in [2.45, 2.75) is 206 Å². The lowest BCUT2D eigenvalue weighted by Crippen LogP contribution is -2.43. The van der Waals surface area contributed by atoms with Crippen molar-refractivity contribution in [2.75, 3.05) is 19.8 Å². The van der Waals surface area contributed by atoms with Crippen molar-refractivity contribution < 1.29 is 47.8 Å². The van der Waals surface area contributed by atoms with Crippen LogP contribution in [0.4, 0.5) is 0 Å². The third-order valence-electron chi connectivity index (χ3n) is 9.05. The number of phosphoric acid groups is 1. The molecule has 0 aliphatic heterocycles. The van der Waals surface area contributed by atoms with Gasteiger partial charge >= 0.3 is 19.8 Å². The summed E-state index contributed by atoms with van der Waals surface area (Å²) in [7, 11) is -4.75. The number of aliphatic carboxylic acids is 1. The summed E-state index contributed by atoms with van der Waals surface area (Å²) in [6.45, 7) is 2.58. The summed E-state index contributed by atoms with van der Waals surface area (Å²) in [6, 6.07) is -1.55. The number of amides is 1. The van der Waals surface area contributed by atoms with Crippen LogP contribution in [-0.2, 0) is 32.7 Å². The van der Waals surface area contributed by atoms with Crippen LogP contribution in [0.2, 0.25) is 0 Å². The third-order valence-corrected chi connectivity index (χ3v) is 10.0. The van der Waals surface area contributed by atoms with Gasteiger partial charge in [-0.05, 0) is 38.5 Å². The number of nitrogens with one attached hydrogen (secondary N) is 1. The fourth-order valence-corrected chi connectivity index (χ4v) is 6.55. The van der Waals surface area contributed by atoms with E-state index in [-0.39, 0.29) is 12.8 Å². The standard InChI is InChI=1S/C40H76NO10P/c1-3-5-7-9-11-13-15-17-19-21-23-25-27-29-31-38(43)41-37(40(45)46)35-51-52(47,48)50-34-36(42)33-49-39(44)32-30-28-26-24-22-20-18-16-14-12-10-8-6-4-2/h15,17,36-37,42H,3-14,16,18-35H2,1-2H3,(H,41,43)(H,45,46)(H,47,48)/b17-15-. The van der Waals surface area contributed by atoms with Gasteiger partial charge in [-0.15, -0.1) is 0 Å². The van der Waals surface area contributed by atoms with E-state index in [4.69, 9.17) is 13.8 Å². The Morgan fingerprint density at radius 2 is 1.00 bits per heavy atom. The van der Waals surface area contributed by atoms with Gasteiger partial charge in [0.2, 0.25) is 5.91 Å². The summed E-state index contributed by atoms with van der Waals surface area (Å²) in [6.07, 6.45) is 33.8. The zero-order chi connectivity index (χ0) is 38.5. The van der Waals surface area contributed by atoms with Gasteiger partial charge in [-0.1, -0.05) is 154 Å². The lowest BCUT2D eigenvalue weighted by molar-refractivity contribution is -0.147. The topological polar surface area (TPSA) is 169 Å². The van der Waals surface area contributed by atoms with E-state index in [1.165, 1.54) is 96.3 Å². The molecule has 306 valence electrons. The molecule has 3 unspecified atom stereocenters. The second kappa shape index (κ2) is 36.2. The van der Waals surface area contributed by atoms with Crippen molar-refractivity contribution >= 4 is 25.7 Å². The molecule has 3 atom stereocenters. The smallest absolute Gasteiger partial charge is 0.472 e. The molecule has 0 spiro atoms. The minimum absolute atomic E-state index is 0.138. The van der Waals surface area contributed by atoms with E-state index in [1.54, 1.807) is 0 Å². The van der Waals surface area contributed by atoms with Gasteiger partial charge in [0.25, 0.3) is 0 Å². The Balaban J connectivity index is 3.93. The number of carbonyl (C=O) groups is 3. The highest BCUT2D eigenvalue weighted by molar-refractivity contribution is 7.47. The Bertz CT molecular complexity index is 947. The van der Waals surface area contributed by atoms with E-state index < -0.39 is 57.6 Å². The molecule has 11 nitrogen and oxygen atoms in total. The van der Waals surface area contributed by atoms with Crippen LogP contribution in [0, 0.1) is 0 Å². The number of aliphatic hydroxyl groups is 1. The van der Waals surface area contributed by atoms with Crippen LogP contribution in [0.1, 0.15) is 194 Å². The van der Waals surface area contributed by atoms with E-state index >= 15 is 0 Å². The Hall–Kier alpha value is -1.78. The zero-order valence-electron chi connectivity index (χ0n) is 32.9. The first kappa shape index (κ1) is 50.2. The summed E-state index contributed by atoms with van der Waals surface area (Å²) >= 11 is 0. The molecule has 0 aromatic rings. The monoisotopic (exact) mass is 762 g/mol. The molecule has 0 fully saturated rings. The van der Waals surface area contributed by atoms with Crippen LogP contribution in [-0.4, -0.2) is 64.9 Å². The third kappa shape index (κ3) is 35.3. The first-order valence-electron chi connectivity index (χ1n) is 20.7. The van der Waals surface area contributed by atoms with Crippen LogP contribution >= 0.6 is 7.82 Å². The fraction of sp³-hybridized carbons (Fsp3) is 0.875. The van der Waals surface area contributed by atoms with Gasteiger partial charge in [0.15, 0.2) is 6.04 Å². The van der Waals surface area contributed by atoms with Crippen molar-refractivity contribution in [2.24, 2.45) is 0 Å². The van der Waals surface area contributed by atoms with Crippen molar-refractivity contribution in [3.63, 3.8) is 0 Å². The van der Waals surface area contributed by atoms with E-state index in [0.29, 0.717) is 12.8 Å². The second-order valence-electron chi connectivity index (χ2n) is 14.2. The molecule has 0 aliphatic rings. The quantitative estimate of drug-likeness (QED) is 0.0205. The molecule has 1 amide bonds. The lowest BCUT2D eigenvalue weighted by atomic mass is 10.0. The minimum atomic E-state index is -4.75. The lowest BCUT2D eigenvalue weighted by Gasteiger charge is -2.18. The Labute approximate surface area is 316 Å². The van der Waals surface area contributed by atoms with Gasteiger partial charge in [0, 0.05) is 12.8 Å². The maximum Gasteiger partial charge on any atom is 0.472 e. The first-order chi connectivity index (χ1) is 25.1. The number of ether oxygens (including phenoxy) is 1. The van der Waals surface area contributed by atoms with Crippen LogP contribution in [0.15, 0.2) is 12.2 Å². The highest BCUT2D eigenvalue weighted by Crippen LogP contribution is 2.43. The molecule has 0 saturated heterocycles. The molecule has 0 aromatic heterocycles. The number of phosphoric ester groups is 1. The fourth-order valence-electron chi connectivity index (χ4n) is 5.78. The SMILES string of the molecule is CCCCCCC/C=C\CCCCCCCC(=O)NC(COP(=O)(O)OCC(O)COC(=O)CCCCCCCCCCCCCCCC)C(=O)O. The van der Waals surface area contributed by atoms with Crippen LogP contribution in [0.25, 0.3) is 0 Å². The summed E-state index contributed by atoms with van der Waals surface area (Å²) in [5.74, 6) is -2.38. The number of carbonyl (C=O) groups excluding carboxylic acids is 2. The number of hydrogen-bond acceptors (Lipinski definition) is 8. The number of hydrogen-bond donors (Lipinski definition) is 4. The number of carboxylic acids is 1. The highest BCUT2D eigenvalue weighted by Gasteiger charge is 2.28. The predicted molar refractivity (Wildman–Crippen MR) is 208 cm³/mol. The molecule has 0 rings (SSSR count). The van der Waals surface area contributed by atoms with Crippen molar-refractivity contribution in [3.8, 4) is 0 Å². The number of aliphatic hydroxyl groups excluding tert-OH is 1. The predicted octanol–water partition coefficient (Wildman–Crippen LogP) is 10.1. The summed E-state index contributed by atoms with van der Waals surface area (Å²) in [5, 5.41) is 21.8. The molecule has 0 radical (unpaired) electrons. The molecule has 52 heavy (non-hydrogen) atoms. The van der Waals surface area contributed by atoms with Crippen LogP contribution in [0.3, 0.4) is 0 Å². The Morgan fingerprint density at radius 1 is 0.596 bits per heavy atom. The van der Waals surface area contributed by atoms with Gasteiger partial charge in [0.1, 0.15) is 12.7 Å². The van der Waals surface area contributed by atoms with Gasteiger partial charge in [0.05, 0.1) is 13.2 Å². The summed E-state index contributed by atoms with van der Waals surface area (Å²) < 4.78 is 26.8. The molecule has 12 heteroatoms. The Kier molecular flexibility index (Phi) is 35.0. The van der Waals surface area contributed by atoms with Gasteiger partial charge in [-0.3, -0.25) is 18.6 Å². The molecular weight excluding hydrogens is 685 g/mol. The summed E-state index contributed by atoms with van der Waals surface area (Å²) in [4.78, 5) is 45.8. The maximum atomic E-state index is 12.3.